The average Bonchev–Trinajstić information content (AvgIpc) is 2.96. The van der Waals surface area contributed by atoms with Gasteiger partial charge in [-0.2, -0.15) is 0 Å². The molecule has 8 heteroatoms. The van der Waals surface area contributed by atoms with Gasteiger partial charge in [0.25, 0.3) is 0 Å². The zero-order valence-corrected chi connectivity index (χ0v) is 26.7. The lowest BCUT2D eigenvalue weighted by Gasteiger charge is -2.23. The summed E-state index contributed by atoms with van der Waals surface area (Å²) >= 11 is 0. The minimum Gasteiger partial charge on any atom is -0.460 e. The fourth-order valence-corrected chi connectivity index (χ4v) is 3.69. The van der Waals surface area contributed by atoms with Crippen LogP contribution < -0.4 is 10.6 Å². The van der Waals surface area contributed by atoms with Crippen molar-refractivity contribution in [2.24, 2.45) is 11.3 Å². The summed E-state index contributed by atoms with van der Waals surface area (Å²) in [6.07, 6.45) is 2.98. The molecule has 8 nitrogen and oxygen atoms in total. The summed E-state index contributed by atoms with van der Waals surface area (Å²) in [4.78, 5) is 51.0. The maximum Gasteiger partial charge on any atom is 0.319 e. The fraction of sp³-hybridized carbons (Fsp3) is 0.486. The highest BCUT2D eigenvalue weighted by Gasteiger charge is 2.37. The van der Waals surface area contributed by atoms with Gasteiger partial charge in [0.15, 0.2) is 5.78 Å². The summed E-state index contributed by atoms with van der Waals surface area (Å²) in [5.41, 5.74) is 1.45. The lowest BCUT2D eigenvalue weighted by atomic mass is 9.88. The molecule has 236 valence electrons. The number of ether oxygens (including phenoxy) is 2. The van der Waals surface area contributed by atoms with Crippen LogP contribution in [0.1, 0.15) is 78.4 Å². The first kappa shape index (κ1) is 37.2. The number of ketones is 1. The second-order valence-corrected chi connectivity index (χ2v) is 11.8. The lowest BCUT2D eigenvalue weighted by Crippen LogP contribution is -2.51. The van der Waals surface area contributed by atoms with Crippen molar-refractivity contribution in [3.63, 3.8) is 0 Å². The summed E-state index contributed by atoms with van der Waals surface area (Å²) in [5, 5.41) is 5.30. The molecule has 43 heavy (non-hydrogen) atoms. The van der Waals surface area contributed by atoms with Crippen LogP contribution >= 0.6 is 0 Å². The minimum atomic E-state index is -1.46. The molecule has 1 unspecified atom stereocenters. The van der Waals surface area contributed by atoms with Crippen molar-refractivity contribution in [1.29, 1.82) is 0 Å². The van der Waals surface area contributed by atoms with E-state index < -0.39 is 29.1 Å². The van der Waals surface area contributed by atoms with E-state index in [1.165, 1.54) is 19.4 Å². The van der Waals surface area contributed by atoms with Gasteiger partial charge in [-0.25, -0.2) is 0 Å². The van der Waals surface area contributed by atoms with E-state index in [4.69, 9.17) is 9.47 Å². The van der Waals surface area contributed by atoms with Gasteiger partial charge >= 0.3 is 5.97 Å². The third-order valence-corrected chi connectivity index (χ3v) is 6.33. The summed E-state index contributed by atoms with van der Waals surface area (Å²) in [5.74, 6) is -1.42. The third-order valence-electron chi connectivity index (χ3n) is 6.33. The van der Waals surface area contributed by atoms with E-state index in [-0.39, 0.29) is 32.3 Å². The Balaban J connectivity index is 0.00000217. The third kappa shape index (κ3) is 16.4. The van der Waals surface area contributed by atoms with Gasteiger partial charge in [-0.05, 0) is 51.2 Å². The first-order valence-electron chi connectivity index (χ1n) is 14.9. The molecular weight excluding hydrogens is 544 g/mol. The number of rotatable bonds is 17. The Labute approximate surface area is 257 Å². The number of hydrogen-bond acceptors (Lipinski definition) is 6. The highest BCUT2D eigenvalue weighted by Crippen LogP contribution is 2.20. The number of Topliss-reactive ketones (excluding diaryl/α,β-unsaturated/α-hetero) is 1. The first-order valence-corrected chi connectivity index (χ1v) is 14.9. The molecule has 0 aliphatic rings. The molecule has 0 aromatic heterocycles. The number of hydrogen-bond donors (Lipinski definition) is 2. The molecule has 0 fully saturated rings. The van der Waals surface area contributed by atoms with Gasteiger partial charge in [0.2, 0.25) is 11.8 Å². The van der Waals surface area contributed by atoms with Crippen molar-refractivity contribution in [3.05, 3.63) is 83.9 Å². The van der Waals surface area contributed by atoms with E-state index in [0.717, 1.165) is 30.4 Å². The molecule has 0 aliphatic carbocycles. The van der Waals surface area contributed by atoms with Crippen LogP contribution in [0.5, 0.6) is 0 Å². The highest BCUT2D eigenvalue weighted by atomic mass is 16.5. The Morgan fingerprint density at radius 1 is 0.860 bits per heavy atom. The molecule has 0 heterocycles. The monoisotopic (exact) mass is 594 g/mol. The maximum atomic E-state index is 13.0. The van der Waals surface area contributed by atoms with Crippen LogP contribution in [0.2, 0.25) is 0 Å². The van der Waals surface area contributed by atoms with Crippen molar-refractivity contribution in [2.75, 3.05) is 13.2 Å². The Bertz CT molecular complexity index is 1140. The maximum absolute atomic E-state index is 13.0. The molecule has 2 aromatic rings. The molecule has 0 saturated carbocycles. The second kappa shape index (κ2) is 20.2. The van der Waals surface area contributed by atoms with Gasteiger partial charge in [0, 0.05) is 6.42 Å². The van der Waals surface area contributed by atoms with Crippen LogP contribution in [0.3, 0.4) is 0 Å². The van der Waals surface area contributed by atoms with Gasteiger partial charge in [-0.1, -0.05) is 92.9 Å². The summed E-state index contributed by atoms with van der Waals surface area (Å²) in [6, 6.07) is 17.7. The van der Waals surface area contributed by atoms with E-state index in [1.807, 2.05) is 74.5 Å². The van der Waals surface area contributed by atoms with Crippen LogP contribution in [-0.2, 0) is 41.9 Å². The molecule has 2 aromatic carbocycles. The van der Waals surface area contributed by atoms with Gasteiger partial charge < -0.3 is 20.1 Å². The molecule has 0 aliphatic heterocycles. The Hall–Kier alpha value is -3.78. The number of carbonyl (C=O) groups excluding carboxylic acids is 4. The van der Waals surface area contributed by atoms with Crippen molar-refractivity contribution in [1.82, 2.24) is 10.6 Å². The van der Waals surface area contributed by atoms with Gasteiger partial charge in [0.1, 0.15) is 18.1 Å². The largest absolute Gasteiger partial charge is 0.460 e. The van der Waals surface area contributed by atoms with E-state index in [2.05, 4.69) is 31.1 Å². The number of nitrogens with one attached hydrogen (secondary N) is 2. The molecule has 0 spiro atoms. The zero-order chi connectivity index (χ0) is 32.3. The van der Waals surface area contributed by atoms with Crippen molar-refractivity contribution in [2.45, 2.75) is 86.5 Å². The highest BCUT2D eigenvalue weighted by molar-refractivity contribution is 6.05. The number of esters is 1. The van der Waals surface area contributed by atoms with E-state index in [1.54, 1.807) is 0 Å². The predicted molar refractivity (Wildman–Crippen MR) is 170 cm³/mol. The van der Waals surface area contributed by atoms with E-state index in [0.29, 0.717) is 12.3 Å². The van der Waals surface area contributed by atoms with Crippen LogP contribution in [0.25, 0.3) is 0 Å². The lowest BCUT2D eigenvalue weighted by molar-refractivity contribution is -0.159. The SMILES string of the molecule is C=C(C)C.CC(C)CCCCC(=O)NC(COCc1ccccc1)C(=O)NCC(=O)C(C)(C)C(=O)OCc1ccccc1. The smallest absolute Gasteiger partial charge is 0.319 e. The molecular formula is C35H50N2O6. The fourth-order valence-electron chi connectivity index (χ4n) is 3.69. The second-order valence-electron chi connectivity index (χ2n) is 11.8. The van der Waals surface area contributed by atoms with Gasteiger partial charge in [-0.15, -0.1) is 6.58 Å². The Morgan fingerprint density at radius 3 is 1.93 bits per heavy atom. The standard InChI is InChI=1S/C31H42N2O6.C4H8/c1-23(2)13-11-12-18-28(35)33-26(22-38-20-24-14-7-5-8-15-24)29(36)32-19-27(34)31(3,4)30(37)39-21-25-16-9-6-10-17-25;1-4(2)3/h5-10,14-17,23,26H,11-13,18-22H2,1-4H3,(H,32,36)(H,33,35);1H2,2-3H3. The number of unbranched alkanes of at least 4 members (excludes halogenated alkanes) is 1. The summed E-state index contributed by atoms with van der Waals surface area (Å²) in [7, 11) is 0. The quantitative estimate of drug-likeness (QED) is 0.101. The number of carbonyl (C=O) groups is 4. The molecule has 2 rings (SSSR count). The predicted octanol–water partition coefficient (Wildman–Crippen LogP) is 5.94. The first-order chi connectivity index (χ1) is 20.3. The summed E-state index contributed by atoms with van der Waals surface area (Å²) in [6.45, 7) is 14.6. The number of allylic oxidation sites excluding steroid dienone is 1. The minimum absolute atomic E-state index is 0.0484. The Kier molecular flexibility index (Phi) is 17.5. The van der Waals surface area contributed by atoms with E-state index in [9.17, 15) is 19.2 Å². The number of benzene rings is 2. The van der Waals surface area contributed by atoms with Crippen LogP contribution in [0.4, 0.5) is 0 Å². The zero-order valence-electron chi connectivity index (χ0n) is 26.7. The van der Waals surface area contributed by atoms with Crippen molar-refractivity contribution >= 4 is 23.6 Å². The number of amides is 2. The van der Waals surface area contributed by atoms with E-state index >= 15 is 0 Å². The van der Waals surface area contributed by atoms with Gasteiger partial charge in [-0.3, -0.25) is 19.2 Å². The van der Waals surface area contributed by atoms with Crippen LogP contribution in [0.15, 0.2) is 72.8 Å². The van der Waals surface area contributed by atoms with Crippen LogP contribution in [0, 0.1) is 11.3 Å². The van der Waals surface area contributed by atoms with Gasteiger partial charge in [0.05, 0.1) is 19.8 Å². The van der Waals surface area contributed by atoms with Crippen LogP contribution in [-0.4, -0.2) is 42.8 Å². The topological polar surface area (TPSA) is 111 Å². The summed E-state index contributed by atoms with van der Waals surface area (Å²) < 4.78 is 11.0. The molecule has 0 radical (unpaired) electrons. The van der Waals surface area contributed by atoms with Crippen molar-refractivity contribution < 1.29 is 28.7 Å². The molecule has 0 saturated heterocycles. The molecule has 2 amide bonds. The molecule has 1 atom stereocenters. The molecule has 2 N–H and O–H groups in total. The Morgan fingerprint density at radius 2 is 1.40 bits per heavy atom. The molecule has 0 bridgehead atoms. The normalized spacial score (nSPS) is 11.5. The van der Waals surface area contributed by atoms with Crippen molar-refractivity contribution in [3.8, 4) is 0 Å². The average molecular weight is 595 g/mol.